The number of carbonyl (C=O) groups is 2. The highest BCUT2D eigenvalue weighted by atomic mass is 19.1. The van der Waals surface area contributed by atoms with Crippen LogP contribution in [0.4, 0.5) is 4.39 Å². The van der Waals surface area contributed by atoms with Crippen LogP contribution < -0.4 is 19.5 Å². The van der Waals surface area contributed by atoms with Gasteiger partial charge in [-0.1, -0.05) is 11.2 Å². The zero-order chi connectivity index (χ0) is 23.2. The summed E-state index contributed by atoms with van der Waals surface area (Å²) in [6.45, 7) is 0.530. The maximum absolute atomic E-state index is 12.9. The van der Waals surface area contributed by atoms with E-state index in [1.54, 1.807) is 19.2 Å². The quantitative estimate of drug-likeness (QED) is 0.520. The van der Waals surface area contributed by atoms with Crippen molar-refractivity contribution < 1.29 is 32.7 Å². The largest absolute Gasteiger partial charge is 0.484 e. The number of hydrogen-bond donors (Lipinski definition) is 1. The van der Waals surface area contributed by atoms with Gasteiger partial charge in [0.2, 0.25) is 6.79 Å². The molecule has 0 atom stereocenters. The molecule has 33 heavy (non-hydrogen) atoms. The summed E-state index contributed by atoms with van der Waals surface area (Å²) in [7, 11) is 1.61. The summed E-state index contributed by atoms with van der Waals surface area (Å²) in [4.78, 5) is 30.0. The predicted molar refractivity (Wildman–Crippen MR) is 111 cm³/mol. The minimum absolute atomic E-state index is 0.167. The molecule has 0 spiro atoms. The Balaban J connectivity index is 1.21. The molecule has 1 aliphatic rings. The first-order chi connectivity index (χ1) is 16.0. The lowest BCUT2D eigenvalue weighted by Gasteiger charge is -2.16. The number of amides is 2. The molecule has 4 rings (SSSR count). The van der Waals surface area contributed by atoms with E-state index in [0.717, 1.165) is 5.56 Å². The van der Waals surface area contributed by atoms with Crippen LogP contribution in [0.5, 0.6) is 17.2 Å². The van der Waals surface area contributed by atoms with E-state index in [-0.39, 0.29) is 44.0 Å². The molecule has 1 N–H and O–H groups in total. The average Bonchev–Trinajstić information content (AvgIpc) is 3.49. The summed E-state index contributed by atoms with van der Waals surface area (Å²) in [5.41, 5.74) is 0.829. The molecule has 2 heterocycles. The van der Waals surface area contributed by atoms with Crippen molar-refractivity contribution in [2.75, 3.05) is 27.0 Å². The fourth-order valence-corrected chi connectivity index (χ4v) is 2.94. The number of benzene rings is 2. The molecule has 10 nitrogen and oxygen atoms in total. The van der Waals surface area contributed by atoms with Gasteiger partial charge < -0.3 is 29.0 Å². The van der Waals surface area contributed by atoms with Crippen molar-refractivity contribution in [2.45, 2.75) is 13.0 Å². The normalized spacial score (nSPS) is 11.8. The van der Waals surface area contributed by atoms with Gasteiger partial charge in [0.05, 0.1) is 0 Å². The Labute approximate surface area is 188 Å². The van der Waals surface area contributed by atoms with Gasteiger partial charge >= 0.3 is 11.8 Å². The van der Waals surface area contributed by atoms with E-state index in [1.807, 2.05) is 6.07 Å². The van der Waals surface area contributed by atoms with E-state index in [9.17, 15) is 14.0 Å². The lowest BCUT2D eigenvalue weighted by atomic mass is 10.2. The highest BCUT2D eigenvalue weighted by Crippen LogP contribution is 2.32. The van der Waals surface area contributed by atoms with Gasteiger partial charge in [0.25, 0.3) is 5.91 Å². The molecule has 1 aliphatic heterocycles. The second kappa shape index (κ2) is 9.98. The maximum Gasteiger partial charge on any atom is 0.315 e. The molecule has 0 saturated heterocycles. The highest BCUT2D eigenvalue weighted by Gasteiger charge is 2.18. The number of nitrogens with one attached hydrogen (secondary N) is 1. The molecule has 0 fully saturated rings. The zero-order valence-electron chi connectivity index (χ0n) is 17.7. The van der Waals surface area contributed by atoms with Crippen molar-refractivity contribution in [3.05, 3.63) is 65.6 Å². The zero-order valence-corrected chi connectivity index (χ0v) is 17.7. The van der Waals surface area contributed by atoms with Gasteiger partial charge in [-0.15, -0.1) is 0 Å². The molecular formula is C22H21FN4O6. The van der Waals surface area contributed by atoms with Gasteiger partial charge in [-0.25, -0.2) is 4.39 Å². The molecule has 0 radical (unpaired) electrons. The van der Waals surface area contributed by atoms with E-state index in [2.05, 4.69) is 15.5 Å². The van der Waals surface area contributed by atoms with Crippen LogP contribution in [0.15, 0.2) is 47.0 Å². The molecule has 0 saturated carbocycles. The number of carbonyl (C=O) groups excluding carboxylic acids is 2. The smallest absolute Gasteiger partial charge is 0.315 e. The average molecular weight is 456 g/mol. The molecule has 3 aromatic rings. The number of rotatable bonds is 9. The fraction of sp³-hybridized carbons (Fsp3) is 0.273. The number of likely N-dealkylation sites (N-methyl/N-ethyl adjacent to an activating group) is 1. The molecule has 172 valence electrons. The third kappa shape index (κ3) is 5.76. The van der Waals surface area contributed by atoms with Crippen LogP contribution in [0.1, 0.15) is 22.1 Å². The molecule has 0 bridgehead atoms. The first-order valence-electron chi connectivity index (χ1n) is 10.1. The lowest BCUT2D eigenvalue weighted by Crippen LogP contribution is -2.33. The number of aromatic nitrogens is 2. The topological polar surface area (TPSA) is 116 Å². The lowest BCUT2D eigenvalue weighted by molar-refractivity contribution is -0.132. The SMILES string of the molecule is CN(CCc1noc(C(=O)NCc2ccc3c(c2)OCO3)n1)C(=O)COc1ccc(F)cc1. The Hall–Kier alpha value is -4.15. The first kappa shape index (κ1) is 22.1. The number of nitrogens with zero attached hydrogens (tertiary/aromatic N) is 3. The highest BCUT2D eigenvalue weighted by molar-refractivity contribution is 5.89. The van der Waals surface area contributed by atoms with E-state index in [4.69, 9.17) is 18.7 Å². The van der Waals surface area contributed by atoms with Crippen LogP contribution in [-0.4, -0.2) is 53.8 Å². The molecule has 2 aromatic carbocycles. The number of hydrogen-bond acceptors (Lipinski definition) is 8. The molecule has 2 amide bonds. The van der Waals surface area contributed by atoms with Crippen LogP contribution in [0.2, 0.25) is 0 Å². The second-order valence-electron chi connectivity index (χ2n) is 7.19. The third-order valence-corrected chi connectivity index (χ3v) is 4.82. The Kier molecular flexibility index (Phi) is 6.67. The van der Waals surface area contributed by atoms with Crippen LogP contribution in [0.25, 0.3) is 0 Å². The van der Waals surface area contributed by atoms with Crippen LogP contribution >= 0.6 is 0 Å². The van der Waals surface area contributed by atoms with E-state index in [1.165, 1.54) is 29.2 Å². The van der Waals surface area contributed by atoms with Gasteiger partial charge in [0, 0.05) is 26.6 Å². The predicted octanol–water partition coefficient (Wildman–Crippen LogP) is 1.95. The first-order valence-corrected chi connectivity index (χ1v) is 10.1. The number of halogens is 1. The molecule has 0 unspecified atom stereocenters. The second-order valence-corrected chi connectivity index (χ2v) is 7.19. The molecule has 0 aliphatic carbocycles. The molecular weight excluding hydrogens is 435 g/mol. The summed E-state index contributed by atoms with van der Waals surface area (Å²) in [6, 6.07) is 10.8. The Morgan fingerprint density at radius 2 is 1.94 bits per heavy atom. The van der Waals surface area contributed by atoms with Crippen molar-refractivity contribution in [1.82, 2.24) is 20.4 Å². The van der Waals surface area contributed by atoms with Crippen molar-refractivity contribution in [3.8, 4) is 17.2 Å². The third-order valence-electron chi connectivity index (χ3n) is 4.82. The van der Waals surface area contributed by atoms with Gasteiger partial charge in [0.1, 0.15) is 11.6 Å². The summed E-state index contributed by atoms with van der Waals surface area (Å²) < 4.78 is 33.8. The maximum atomic E-state index is 12.9. The molecule has 11 heteroatoms. The Morgan fingerprint density at radius 3 is 2.76 bits per heavy atom. The monoisotopic (exact) mass is 456 g/mol. The van der Waals surface area contributed by atoms with Gasteiger partial charge in [-0.2, -0.15) is 4.98 Å². The van der Waals surface area contributed by atoms with Crippen molar-refractivity contribution in [3.63, 3.8) is 0 Å². The van der Waals surface area contributed by atoms with E-state index >= 15 is 0 Å². The van der Waals surface area contributed by atoms with Gasteiger partial charge in [0.15, 0.2) is 23.9 Å². The van der Waals surface area contributed by atoms with Crippen LogP contribution in [-0.2, 0) is 17.8 Å². The van der Waals surface area contributed by atoms with Gasteiger partial charge in [-0.05, 0) is 42.0 Å². The van der Waals surface area contributed by atoms with Gasteiger partial charge in [-0.3, -0.25) is 9.59 Å². The van der Waals surface area contributed by atoms with Crippen molar-refractivity contribution in [2.24, 2.45) is 0 Å². The minimum Gasteiger partial charge on any atom is -0.484 e. The van der Waals surface area contributed by atoms with Crippen molar-refractivity contribution in [1.29, 1.82) is 0 Å². The van der Waals surface area contributed by atoms with Crippen molar-refractivity contribution >= 4 is 11.8 Å². The van der Waals surface area contributed by atoms with Crippen LogP contribution in [0.3, 0.4) is 0 Å². The standard InChI is InChI=1S/C22H21FN4O6/c1-27(20(28)12-30-16-5-3-15(23)4-6-16)9-8-19-25-22(33-26-19)21(29)24-11-14-2-7-17-18(10-14)32-13-31-17/h2-7,10H,8-9,11-13H2,1H3,(H,24,29). The Bertz CT molecular complexity index is 1130. The molecule has 1 aromatic heterocycles. The van der Waals surface area contributed by atoms with Crippen LogP contribution in [0, 0.1) is 5.82 Å². The van der Waals surface area contributed by atoms with E-state index < -0.39 is 5.91 Å². The number of fused-ring (bicyclic) bond motifs is 1. The Morgan fingerprint density at radius 1 is 1.15 bits per heavy atom. The summed E-state index contributed by atoms with van der Waals surface area (Å²) >= 11 is 0. The summed E-state index contributed by atoms with van der Waals surface area (Å²) in [6.07, 6.45) is 0.289. The fourth-order valence-electron chi connectivity index (χ4n) is 2.94. The number of ether oxygens (including phenoxy) is 3. The minimum atomic E-state index is -0.511. The van der Waals surface area contributed by atoms with E-state index in [0.29, 0.717) is 29.6 Å². The summed E-state index contributed by atoms with van der Waals surface area (Å²) in [5.74, 6) is 0.648. The summed E-state index contributed by atoms with van der Waals surface area (Å²) in [5, 5.41) is 6.49.